The Kier molecular flexibility index (Phi) is 2.84. The number of carbonyl (C=O) groups is 1. The van der Waals surface area contributed by atoms with Gasteiger partial charge in [-0.25, -0.2) is 4.79 Å². The summed E-state index contributed by atoms with van der Waals surface area (Å²) in [6, 6.07) is 1.54. The summed E-state index contributed by atoms with van der Waals surface area (Å²) in [7, 11) is 0. The van der Waals surface area contributed by atoms with E-state index in [-0.39, 0.29) is 6.10 Å². The molecule has 0 fully saturated rings. The van der Waals surface area contributed by atoms with E-state index >= 15 is 0 Å². The first-order valence-electron chi connectivity index (χ1n) is 4.01. The van der Waals surface area contributed by atoms with Crippen LogP contribution in [0.15, 0.2) is 18.5 Å². The van der Waals surface area contributed by atoms with Gasteiger partial charge in [0.05, 0.1) is 17.4 Å². The third-order valence-electron chi connectivity index (χ3n) is 1.34. The number of hydrogen-bond donors (Lipinski definition) is 1. The smallest absolute Gasteiger partial charge is 0.340 e. The first kappa shape index (κ1) is 9.51. The van der Waals surface area contributed by atoms with Gasteiger partial charge in [-0.3, -0.25) is 4.98 Å². The fraction of sp³-hybridized carbons (Fsp3) is 0.333. The Morgan fingerprint density at radius 3 is 2.77 bits per heavy atom. The van der Waals surface area contributed by atoms with Crippen LogP contribution in [0, 0.1) is 0 Å². The molecule has 2 N–H and O–H groups in total. The van der Waals surface area contributed by atoms with Crippen LogP contribution in [0.1, 0.15) is 24.2 Å². The Balaban J connectivity index is 2.77. The normalized spacial score (nSPS) is 10.1. The maximum Gasteiger partial charge on any atom is 0.340 e. The van der Waals surface area contributed by atoms with Crippen molar-refractivity contribution < 1.29 is 9.53 Å². The maximum absolute atomic E-state index is 11.3. The molecule has 0 amide bonds. The van der Waals surface area contributed by atoms with Crippen molar-refractivity contribution in [2.24, 2.45) is 0 Å². The van der Waals surface area contributed by atoms with Gasteiger partial charge in [0.1, 0.15) is 0 Å². The minimum Gasteiger partial charge on any atom is -0.459 e. The standard InChI is InChI=1S/C9H12N2O2/c1-6(2)13-9(12)7-3-8(10)5-11-4-7/h3-6H,10H2,1-2H3. The minimum atomic E-state index is -0.394. The lowest BCUT2D eigenvalue weighted by Crippen LogP contribution is -2.12. The first-order valence-corrected chi connectivity index (χ1v) is 4.01. The molecule has 1 heterocycles. The van der Waals surface area contributed by atoms with E-state index in [1.807, 2.05) is 0 Å². The van der Waals surface area contributed by atoms with Crippen LogP contribution >= 0.6 is 0 Å². The van der Waals surface area contributed by atoms with Gasteiger partial charge in [0.2, 0.25) is 0 Å². The predicted molar refractivity (Wildman–Crippen MR) is 49.2 cm³/mol. The van der Waals surface area contributed by atoms with Crippen molar-refractivity contribution >= 4 is 11.7 Å². The van der Waals surface area contributed by atoms with Crippen molar-refractivity contribution in [1.82, 2.24) is 4.98 Å². The van der Waals surface area contributed by atoms with E-state index < -0.39 is 5.97 Å². The molecule has 0 unspecified atom stereocenters. The molecule has 0 atom stereocenters. The summed E-state index contributed by atoms with van der Waals surface area (Å²) in [6.07, 6.45) is 2.78. The van der Waals surface area contributed by atoms with Crippen molar-refractivity contribution in [2.75, 3.05) is 5.73 Å². The second-order valence-electron chi connectivity index (χ2n) is 2.96. The van der Waals surface area contributed by atoms with Crippen LogP contribution in [0.25, 0.3) is 0 Å². The molecule has 0 aliphatic carbocycles. The van der Waals surface area contributed by atoms with Gasteiger partial charge >= 0.3 is 5.97 Å². The number of carbonyl (C=O) groups excluding carboxylic acids is 1. The van der Waals surface area contributed by atoms with Gasteiger partial charge in [0.25, 0.3) is 0 Å². The number of aromatic nitrogens is 1. The molecule has 0 aliphatic heterocycles. The highest BCUT2D eigenvalue weighted by Crippen LogP contribution is 2.06. The minimum absolute atomic E-state index is 0.131. The molecule has 1 rings (SSSR count). The van der Waals surface area contributed by atoms with Gasteiger partial charge in [-0.05, 0) is 19.9 Å². The second-order valence-corrected chi connectivity index (χ2v) is 2.96. The molecule has 0 aliphatic rings. The Morgan fingerprint density at radius 1 is 1.54 bits per heavy atom. The molecule has 0 radical (unpaired) electrons. The van der Waals surface area contributed by atoms with E-state index in [2.05, 4.69) is 4.98 Å². The van der Waals surface area contributed by atoms with E-state index in [0.29, 0.717) is 11.3 Å². The molecular formula is C9H12N2O2. The van der Waals surface area contributed by atoms with Crippen molar-refractivity contribution in [3.63, 3.8) is 0 Å². The van der Waals surface area contributed by atoms with Gasteiger partial charge in [-0.2, -0.15) is 0 Å². The summed E-state index contributed by atoms with van der Waals surface area (Å²) in [5.41, 5.74) is 6.30. The van der Waals surface area contributed by atoms with Crippen LogP contribution in [0.2, 0.25) is 0 Å². The van der Waals surface area contributed by atoms with E-state index in [1.165, 1.54) is 18.5 Å². The van der Waals surface area contributed by atoms with Crippen molar-refractivity contribution in [2.45, 2.75) is 20.0 Å². The third kappa shape index (κ3) is 2.74. The average Bonchev–Trinajstić information content (AvgIpc) is 2.03. The summed E-state index contributed by atoms with van der Waals surface area (Å²) in [6.45, 7) is 3.58. The molecule has 0 saturated heterocycles. The van der Waals surface area contributed by atoms with E-state index in [0.717, 1.165) is 0 Å². The summed E-state index contributed by atoms with van der Waals surface area (Å²) >= 11 is 0. The number of esters is 1. The predicted octanol–water partition coefficient (Wildman–Crippen LogP) is 1.23. The number of ether oxygens (including phenoxy) is 1. The van der Waals surface area contributed by atoms with E-state index in [4.69, 9.17) is 10.5 Å². The lowest BCUT2D eigenvalue weighted by molar-refractivity contribution is 0.0377. The lowest BCUT2D eigenvalue weighted by atomic mass is 10.2. The molecule has 4 heteroatoms. The summed E-state index contributed by atoms with van der Waals surface area (Å²) in [5, 5.41) is 0. The fourth-order valence-electron chi connectivity index (χ4n) is 0.851. The zero-order valence-corrected chi connectivity index (χ0v) is 7.65. The first-order chi connectivity index (χ1) is 6.09. The van der Waals surface area contributed by atoms with Gasteiger partial charge in [-0.1, -0.05) is 0 Å². The van der Waals surface area contributed by atoms with Crippen LogP contribution in [0.4, 0.5) is 5.69 Å². The van der Waals surface area contributed by atoms with E-state index in [9.17, 15) is 4.79 Å². The highest BCUT2D eigenvalue weighted by atomic mass is 16.5. The molecule has 13 heavy (non-hydrogen) atoms. The van der Waals surface area contributed by atoms with Crippen molar-refractivity contribution in [3.05, 3.63) is 24.0 Å². The summed E-state index contributed by atoms with van der Waals surface area (Å²) < 4.78 is 4.96. The zero-order chi connectivity index (χ0) is 9.84. The Labute approximate surface area is 76.7 Å². The molecule has 4 nitrogen and oxygen atoms in total. The molecule has 70 valence electrons. The number of nitrogens with zero attached hydrogens (tertiary/aromatic N) is 1. The van der Waals surface area contributed by atoms with Gasteiger partial charge < -0.3 is 10.5 Å². The number of nitrogens with two attached hydrogens (primary N) is 1. The molecule has 0 spiro atoms. The van der Waals surface area contributed by atoms with Gasteiger partial charge in [0.15, 0.2) is 0 Å². The van der Waals surface area contributed by atoms with E-state index in [1.54, 1.807) is 13.8 Å². The molecule has 0 bridgehead atoms. The Bertz CT molecular complexity index is 310. The number of hydrogen-bond acceptors (Lipinski definition) is 4. The zero-order valence-electron chi connectivity index (χ0n) is 7.65. The van der Waals surface area contributed by atoms with Crippen LogP contribution in [-0.2, 0) is 4.74 Å². The fourth-order valence-corrected chi connectivity index (χ4v) is 0.851. The summed E-state index contributed by atoms with van der Waals surface area (Å²) in [5.74, 6) is -0.394. The molecule has 1 aromatic rings. The Morgan fingerprint density at radius 2 is 2.23 bits per heavy atom. The van der Waals surface area contributed by atoms with Crippen LogP contribution in [0.5, 0.6) is 0 Å². The number of rotatable bonds is 2. The molecule has 1 aromatic heterocycles. The SMILES string of the molecule is CC(C)OC(=O)c1cncc(N)c1. The molecule has 0 aromatic carbocycles. The van der Waals surface area contributed by atoms with Crippen LogP contribution in [-0.4, -0.2) is 17.1 Å². The molecule has 0 saturated carbocycles. The molecular weight excluding hydrogens is 168 g/mol. The number of anilines is 1. The summed E-state index contributed by atoms with van der Waals surface area (Å²) in [4.78, 5) is 15.1. The second kappa shape index (κ2) is 3.89. The number of pyridine rings is 1. The monoisotopic (exact) mass is 180 g/mol. The topological polar surface area (TPSA) is 65.2 Å². The number of nitrogen functional groups attached to an aromatic ring is 1. The quantitative estimate of drug-likeness (QED) is 0.695. The lowest BCUT2D eigenvalue weighted by Gasteiger charge is -2.07. The van der Waals surface area contributed by atoms with Crippen LogP contribution in [0.3, 0.4) is 0 Å². The highest BCUT2D eigenvalue weighted by Gasteiger charge is 2.08. The van der Waals surface area contributed by atoms with Crippen LogP contribution < -0.4 is 5.73 Å². The Hall–Kier alpha value is -1.58. The van der Waals surface area contributed by atoms with Gasteiger partial charge in [-0.15, -0.1) is 0 Å². The average molecular weight is 180 g/mol. The van der Waals surface area contributed by atoms with Gasteiger partial charge in [0, 0.05) is 12.4 Å². The third-order valence-corrected chi connectivity index (χ3v) is 1.34. The largest absolute Gasteiger partial charge is 0.459 e. The van der Waals surface area contributed by atoms with Crippen molar-refractivity contribution in [1.29, 1.82) is 0 Å². The highest BCUT2D eigenvalue weighted by molar-refractivity contribution is 5.89. The van der Waals surface area contributed by atoms with Crippen molar-refractivity contribution in [3.8, 4) is 0 Å². The maximum atomic E-state index is 11.3.